The zero-order valence-corrected chi connectivity index (χ0v) is 11.1. The summed E-state index contributed by atoms with van der Waals surface area (Å²) in [7, 11) is 4.50. The van der Waals surface area contributed by atoms with Crippen LogP contribution in [0, 0.1) is 11.8 Å². The highest BCUT2D eigenvalue weighted by atomic mass is 16.6. The molecule has 2 aliphatic rings. The Bertz CT molecular complexity index is 369. The molecule has 1 saturated heterocycles. The number of hydrogen-bond donors (Lipinski definition) is 1. The van der Waals surface area contributed by atoms with E-state index in [2.05, 4.69) is 0 Å². The van der Waals surface area contributed by atoms with Gasteiger partial charge in [0.25, 0.3) is 0 Å². The molecule has 0 aromatic heterocycles. The Kier molecular flexibility index (Phi) is 4.07. The molecule has 7 nitrogen and oxygen atoms in total. The lowest BCUT2D eigenvalue weighted by molar-refractivity contribution is -0.173. The van der Waals surface area contributed by atoms with E-state index in [1.807, 2.05) is 0 Å². The molecule has 2 fully saturated rings. The number of hydrogen-bond acceptors (Lipinski definition) is 6. The van der Waals surface area contributed by atoms with E-state index in [1.54, 1.807) is 0 Å². The lowest BCUT2D eigenvalue weighted by Gasteiger charge is -2.41. The number of carboxylic acid groups (broad SMARTS) is 1. The third-order valence-corrected chi connectivity index (χ3v) is 4.01. The topological polar surface area (TPSA) is 91.3 Å². The second-order valence-corrected chi connectivity index (χ2v) is 4.79. The van der Waals surface area contributed by atoms with Crippen molar-refractivity contribution in [3.8, 4) is 0 Å². The van der Waals surface area contributed by atoms with Gasteiger partial charge in [-0.3, -0.25) is 4.79 Å². The summed E-state index contributed by atoms with van der Waals surface area (Å²) >= 11 is 0. The number of methoxy groups -OCH3 is 3. The summed E-state index contributed by atoms with van der Waals surface area (Å²) in [5, 5.41) is 9.16. The van der Waals surface area contributed by atoms with Gasteiger partial charge in [-0.1, -0.05) is 0 Å². The van der Waals surface area contributed by atoms with Crippen molar-refractivity contribution < 1.29 is 33.6 Å². The average Bonchev–Trinajstić information content (AvgIpc) is 2.73. The Morgan fingerprint density at radius 3 is 2.32 bits per heavy atom. The van der Waals surface area contributed by atoms with Gasteiger partial charge in [0.05, 0.1) is 18.1 Å². The Morgan fingerprint density at radius 1 is 1.21 bits per heavy atom. The number of carbonyl (C=O) groups excluding carboxylic acids is 1. The van der Waals surface area contributed by atoms with Crippen LogP contribution in [-0.4, -0.2) is 62.8 Å². The maximum atomic E-state index is 11.8. The van der Waals surface area contributed by atoms with Crippen LogP contribution in [0.1, 0.15) is 6.42 Å². The first-order valence-electron chi connectivity index (χ1n) is 6.06. The predicted octanol–water partition coefficient (Wildman–Crippen LogP) is -0.322. The molecular formula is C12H18O7. The monoisotopic (exact) mass is 274 g/mol. The molecule has 1 aliphatic heterocycles. The van der Waals surface area contributed by atoms with Crippen LogP contribution < -0.4 is 0 Å². The molecule has 1 saturated carbocycles. The molecule has 0 bridgehead atoms. The van der Waals surface area contributed by atoms with E-state index in [1.165, 1.54) is 21.3 Å². The minimum atomic E-state index is -1.18. The van der Waals surface area contributed by atoms with Gasteiger partial charge in [-0.2, -0.15) is 0 Å². The molecule has 1 aliphatic carbocycles. The van der Waals surface area contributed by atoms with Crippen LogP contribution in [0.3, 0.4) is 0 Å². The number of fused-ring (bicyclic) bond motifs is 1. The highest BCUT2D eigenvalue weighted by molar-refractivity contribution is 5.84. The third-order valence-electron chi connectivity index (χ3n) is 4.01. The number of cyclic esters (lactones) is 1. The van der Waals surface area contributed by atoms with E-state index in [0.717, 1.165) is 0 Å². The van der Waals surface area contributed by atoms with Crippen molar-refractivity contribution >= 4 is 11.9 Å². The van der Waals surface area contributed by atoms with Crippen molar-refractivity contribution in [2.45, 2.75) is 30.8 Å². The van der Waals surface area contributed by atoms with Gasteiger partial charge in [-0.05, 0) is 6.42 Å². The zero-order chi connectivity index (χ0) is 14.2. The summed E-state index contributed by atoms with van der Waals surface area (Å²) in [5.74, 6) is -2.74. The van der Waals surface area contributed by atoms with Crippen molar-refractivity contribution in [1.82, 2.24) is 0 Å². The molecule has 108 valence electrons. The number of rotatable bonds is 4. The van der Waals surface area contributed by atoms with Crippen molar-refractivity contribution in [1.29, 1.82) is 0 Å². The van der Waals surface area contributed by atoms with E-state index in [4.69, 9.17) is 24.1 Å². The molecule has 0 spiro atoms. The highest BCUT2D eigenvalue weighted by Gasteiger charge is 2.59. The summed E-state index contributed by atoms with van der Waals surface area (Å²) in [5.41, 5.74) is 0. The molecule has 1 N–H and O–H groups in total. The van der Waals surface area contributed by atoms with Crippen LogP contribution in [-0.2, 0) is 28.5 Å². The SMILES string of the molecule is CO[C@@H]1[C@H](OC)[C@H](OC)C[C@@H]2C(=O)O[C@@H](C(=O)O)[C@H]12. The lowest BCUT2D eigenvalue weighted by Crippen LogP contribution is -2.55. The van der Waals surface area contributed by atoms with Crippen molar-refractivity contribution in [2.24, 2.45) is 11.8 Å². The summed E-state index contributed by atoms with van der Waals surface area (Å²) in [6.07, 6.45) is -2.11. The van der Waals surface area contributed by atoms with E-state index in [0.29, 0.717) is 6.42 Å². The molecule has 19 heavy (non-hydrogen) atoms. The standard InChI is InChI=1S/C12H18O7/c1-16-6-4-5-7(9(18-3)8(6)17-2)10(11(13)14)19-12(5)15/h5-10H,4H2,1-3H3,(H,13,14)/t5-,6+,7-,8+,9-,10+/m0/s1. The lowest BCUT2D eigenvalue weighted by atomic mass is 9.73. The molecule has 1 heterocycles. The quantitative estimate of drug-likeness (QED) is 0.702. The van der Waals surface area contributed by atoms with Crippen molar-refractivity contribution in [3.63, 3.8) is 0 Å². The number of carbonyl (C=O) groups is 2. The Labute approximate surface area is 110 Å². The van der Waals surface area contributed by atoms with Gasteiger partial charge >= 0.3 is 11.9 Å². The van der Waals surface area contributed by atoms with Gasteiger partial charge in [0, 0.05) is 27.2 Å². The van der Waals surface area contributed by atoms with Gasteiger partial charge in [-0.25, -0.2) is 4.79 Å². The zero-order valence-electron chi connectivity index (χ0n) is 11.1. The molecule has 7 heteroatoms. The summed E-state index contributed by atoms with van der Waals surface area (Å²) in [6.45, 7) is 0. The van der Waals surface area contributed by atoms with Crippen molar-refractivity contribution in [2.75, 3.05) is 21.3 Å². The molecule has 0 aromatic carbocycles. The number of carboxylic acids is 1. The highest BCUT2D eigenvalue weighted by Crippen LogP contribution is 2.43. The fourth-order valence-electron chi connectivity index (χ4n) is 3.15. The number of aliphatic carboxylic acids is 1. The number of esters is 1. The molecule has 6 atom stereocenters. The maximum absolute atomic E-state index is 11.8. The Morgan fingerprint density at radius 2 is 1.84 bits per heavy atom. The van der Waals surface area contributed by atoms with Gasteiger partial charge in [0.15, 0.2) is 0 Å². The van der Waals surface area contributed by atoms with Crippen LogP contribution in [0.4, 0.5) is 0 Å². The minimum absolute atomic E-state index is 0.323. The molecule has 0 amide bonds. The third kappa shape index (κ3) is 2.22. The molecule has 2 rings (SSSR count). The fourth-order valence-corrected chi connectivity index (χ4v) is 3.15. The van der Waals surface area contributed by atoms with E-state index in [-0.39, 0.29) is 6.10 Å². The van der Waals surface area contributed by atoms with Crippen LogP contribution in [0.5, 0.6) is 0 Å². The Balaban J connectivity index is 2.33. The van der Waals surface area contributed by atoms with Gasteiger partial charge in [0.2, 0.25) is 6.10 Å². The van der Waals surface area contributed by atoms with Crippen LogP contribution >= 0.6 is 0 Å². The first-order valence-corrected chi connectivity index (χ1v) is 6.06. The first-order chi connectivity index (χ1) is 9.04. The largest absolute Gasteiger partial charge is 0.478 e. The van der Waals surface area contributed by atoms with Crippen LogP contribution in [0.25, 0.3) is 0 Å². The second kappa shape index (κ2) is 5.44. The maximum Gasteiger partial charge on any atom is 0.345 e. The minimum Gasteiger partial charge on any atom is -0.478 e. The van der Waals surface area contributed by atoms with Crippen LogP contribution in [0.15, 0.2) is 0 Å². The van der Waals surface area contributed by atoms with Gasteiger partial charge < -0.3 is 24.1 Å². The van der Waals surface area contributed by atoms with E-state index in [9.17, 15) is 9.59 Å². The van der Waals surface area contributed by atoms with Crippen molar-refractivity contribution in [3.05, 3.63) is 0 Å². The fraction of sp³-hybridized carbons (Fsp3) is 0.833. The predicted molar refractivity (Wildman–Crippen MR) is 61.5 cm³/mol. The smallest absolute Gasteiger partial charge is 0.345 e. The Hall–Kier alpha value is -1.18. The summed E-state index contributed by atoms with van der Waals surface area (Å²) in [6, 6.07) is 0. The molecule has 0 radical (unpaired) electrons. The number of ether oxygens (including phenoxy) is 4. The molecule has 0 unspecified atom stereocenters. The van der Waals surface area contributed by atoms with Crippen LogP contribution in [0.2, 0.25) is 0 Å². The van der Waals surface area contributed by atoms with Gasteiger partial charge in [-0.15, -0.1) is 0 Å². The molecule has 0 aromatic rings. The summed E-state index contributed by atoms with van der Waals surface area (Å²) in [4.78, 5) is 23.0. The second-order valence-electron chi connectivity index (χ2n) is 4.79. The van der Waals surface area contributed by atoms with Gasteiger partial charge in [0.1, 0.15) is 6.10 Å². The normalized spacial score (nSPS) is 41.7. The van der Waals surface area contributed by atoms with E-state index >= 15 is 0 Å². The summed E-state index contributed by atoms with van der Waals surface area (Å²) < 4.78 is 21.0. The molecular weight excluding hydrogens is 256 g/mol. The average molecular weight is 274 g/mol. The first kappa shape index (κ1) is 14.2. The van der Waals surface area contributed by atoms with E-state index < -0.39 is 42.1 Å².